The van der Waals surface area contributed by atoms with Crippen LogP contribution in [0.3, 0.4) is 0 Å². The number of carbonyl (C=O) groups excluding carboxylic acids is 1. The minimum atomic E-state index is -0.324. The van der Waals surface area contributed by atoms with Gasteiger partial charge < -0.3 is 19.7 Å². The minimum absolute atomic E-state index is 0.324. The fourth-order valence-corrected chi connectivity index (χ4v) is 2.41. The Balaban J connectivity index is 1.68. The smallest absolute Gasteiger partial charge is 0.338 e. The summed E-state index contributed by atoms with van der Waals surface area (Å²) in [5.41, 5.74) is 1.33. The van der Waals surface area contributed by atoms with Crippen LogP contribution in [0.4, 0.5) is 17.5 Å². The van der Waals surface area contributed by atoms with Crippen LogP contribution in [0.1, 0.15) is 17.3 Å². The lowest BCUT2D eigenvalue weighted by Gasteiger charge is -2.27. The zero-order valence-corrected chi connectivity index (χ0v) is 13.6. The largest absolute Gasteiger partial charge is 0.462 e. The molecule has 0 aliphatic carbocycles. The van der Waals surface area contributed by atoms with E-state index in [9.17, 15) is 4.79 Å². The number of carbonyl (C=O) groups is 1. The summed E-state index contributed by atoms with van der Waals surface area (Å²) in [6.45, 7) is 5.22. The monoisotopic (exact) mass is 328 g/mol. The first-order valence-electron chi connectivity index (χ1n) is 7.96. The summed E-state index contributed by atoms with van der Waals surface area (Å²) in [7, 11) is 0. The SMILES string of the molecule is CCOC(=O)c1ccc(Nc2nccc(N3CCOCC3)n2)cc1. The van der Waals surface area contributed by atoms with Crippen LogP contribution in [-0.2, 0) is 9.47 Å². The lowest BCUT2D eigenvalue weighted by molar-refractivity contribution is 0.0526. The normalized spacial score (nSPS) is 14.3. The standard InChI is InChI=1S/C17H20N4O3/c1-2-24-16(22)13-3-5-14(6-4-13)19-17-18-8-7-15(20-17)21-9-11-23-12-10-21/h3-8H,2,9-12H2,1H3,(H,18,19,20). The van der Waals surface area contributed by atoms with Gasteiger partial charge in [-0.05, 0) is 37.3 Å². The average Bonchev–Trinajstić information content (AvgIpc) is 2.63. The maximum atomic E-state index is 11.7. The summed E-state index contributed by atoms with van der Waals surface area (Å²) in [4.78, 5) is 22.6. The van der Waals surface area contributed by atoms with Crippen LogP contribution >= 0.6 is 0 Å². The third kappa shape index (κ3) is 3.99. The van der Waals surface area contributed by atoms with Crippen LogP contribution in [0.25, 0.3) is 0 Å². The number of nitrogens with one attached hydrogen (secondary N) is 1. The highest BCUT2D eigenvalue weighted by Gasteiger charge is 2.13. The average molecular weight is 328 g/mol. The Labute approximate surface area is 140 Å². The number of nitrogens with zero attached hydrogens (tertiary/aromatic N) is 3. The van der Waals surface area contributed by atoms with Crippen LogP contribution in [0, 0.1) is 0 Å². The van der Waals surface area contributed by atoms with E-state index < -0.39 is 0 Å². The molecule has 0 amide bonds. The molecule has 7 nitrogen and oxygen atoms in total. The predicted molar refractivity (Wildman–Crippen MR) is 90.7 cm³/mol. The predicted octanol–water partition coefficient (Wildman–Crippen LogP) is 2.23. The quantitative estimate of drug-likeness (QED) is 0.843. The van der Waals surface area contributed by atoms with E-state index in [0.717, 1.165) is 24.6 Å². The first-order valence-corrected chi connectivity index (χ1v) is 7.96. The van der Waals surface area contributed by atoms with E-state index in [2.05, 4.69) is 20.2 Å². The Bertz CT molecular complexity index is 684. The molecular weight excluding hydrogens is 308 g/mol. The summed E-state index contributed by atoms with van der Waals surface area (Å²) in [6, 6.07) is 8.92. The van der Waals surface area contributed by atoms with Gasteiger partial charge in [-0.15, -0.1) is 0 Å². The number of benzene rings is 1. The number of rotatable bonds is 5. The van der Waals surface area contributed by atoms with Gasteiger partial charge in [0.25, 0.3) is 0 Å². The van der Waals surface area contributed by atoms with Crippen molar-refractivity contribution < 1.29 is 14.3 Å². The van der Waals surface area contributed by atoms with Crippen molar-refractivity contribution in [3.05, 3.63) is 42.1 Å². The van der Waals surface area contributed by atoms with Gasteiger partial charge in [-0.1, -0.05) is 0 Å². The number of anilines is 3. The van der Waals surface area contributed by atoms with Crippen molar-refractivity contribution in [3.8, 4) is 0 Å². The van der Waals surface area contributed by atoms with Crippen LogP contribution < -0.4 is 10.2 Å². The van der Waals surface area contributed by atoms with Crippen LogP contribution in [0.2, 0.25) is 0 Å². The van der Waals surface area contributed by atoms with Crippen molar-refractivity contribution in [2.75, 3.05) is 43.1 Å². The molecule has 1 N–H and O–H groups in total. The molecule has 0 unspecified atom stereocenters. The fraction of sp³-hybridized carbons (Fsp3) is 0.353. The molecule has 2 aromatic rings. The molecule has 0 atom stereocenters. The van der Waals surface area contributed by atoms with Crippen molar-refractivity contribution in [2.45, 2.75) is 6.92 Å². The Hall–Kier alpha value is -2.67. The molecule has 0 radical (unpaired) electrons. The highest BCUT2D eigenvalue weighted by molar-refractivity contribution is 5.89. The maximum Gasteiger partial charge on any atom is 0.338 e. The third-order valence-corrected chi connectivity index (χ3v) is 3.63. The van der Waals surface area contributed by atoms with Gasteiger partial charge >= 0.3 is 5.97 Å². The molecule has 1 fully saturated rings. The Morgan fingerprint density at radius 1 is 1.25 bits per heavy atom. The van der Waals surface area contributed by atoms with Crippen molar-refractivity contribution in [3.63, 3.8) is 0 Å². The lowest BCUT2D eigenvalue weighted by atomic mass is 10.2. The highest BCUT2D eigenvalue weighted by Crippen LogP contribution is 2.18. The molecule has 1 aliphatic rings. The molecule has 7 heteroatoms. The summed E-state index contributed by atoms with van der Waals surface area (Å²) in [5, 5.41) is 3.15. The molecule has 0 bridgehead atoms. The zero-order chi connectivity index (χ0) is 16.8. The van der Waals surface area contributed by atoms with E-state index in [0.29, 0.717) is 31.3 Å². The van der Waals surface area contributed by atoms with Crippen molar-refractivity contribution >= 4 is 23.4 Å². The second kappa shape index (κ2) is 7.74. The molecule has 3 rings (SSSR count). The summed E-state index contributed by atoms with van der Waals surface area (Å²) >= 11 is 0. The van der Waals surface area contributed by atoms with Gasteiger partial charge in [0.15, 0.2) is 0 Å². The van der Waals surface area contributed by atoms with E-state index in [4.69, 9.17) is 9.47 Å². The van der Waals surface area contributed by atoms with Gasteiger partial charge in [0.2, 0.25) is 5.95 Å². The molecule has 126 valence electrons. The van der Waals surface area contributed by atoms with E-state index in [1.54, 1.807) is 37.4 Å². The molecule has 2 heterocycles. The Morgan fingerprint density at radius 3 is 2.71 bits per heavy atom. The number of morpholine rings is 1. The number of hydrogen-bond acceptors (Lipinski definition) is 7. The minimum Gasteiger partial charge on any atom is -0.462 e. The van der Waals surface area contributed by atoms with E-state index >= 15 is 0 Å². The lowest BCUT2D eigenvalue weighted by Crippen LogP contribution is -2.36. The second-order valence-electron chi connectivity index (χ2n) is 5.26. The maximum absolute atomic E-state index is 11.7. The molecule has 1 aromatic carbocycles. The first kappa shape index (κ1) is 16.2. The fourth-order valence-electron chi connectivity index (χ4n) is 2.41. The van der Waals surface area contributed by atoms with Crippen molar-refractivity contribution in [1.29, 1.82) is 0 Å². The highest BCUT2D eigenvalue weighted by atomic mass is 16.5. The van der Waals surface area contributed by atoms with Crippen molar-refractivity contribution in [2.24, 2.45) is 0 Å². The number of aromatic nitrogens is 2. The second-order valence-corrected chi connectivity index (χ2v) is 5.26. The zero-order valence-electron chi connectivity index (χ0n) is 13.6. The molecule has 1 aliphatic heterocycles. The number of hydrogen-bond donors (Lipinski definition) is 1. The van der Waals surface area contributed by atoms with Crippen LogP contribution in [-0.4, -0.2) is 48.8 Å². The van der Waals surface area contributed by atoms with Gasteiger partial charge in [0.1, 0.15) is 5.82 Å². The molecule has 24 heavy (non-hydrogen) atoms. The molecule has 1 saturated heterocycles. The van der Waals surface area contributed by atoms with Gasteiger partial charge in [0.05, 0.1) is 25.4 Å². The van der Waals surface area contributed by atoms with E-state index in [-0.39, 0.29) is 5.97 Å². The van der Waals surface area contributed by atoms with Crippen molar-refractivity contribution in [1.82, 2.24) is 9.97 Å². The first-order chi connectivity index (χ1) is 11.8. The summed E-state index contributed by atoms with van der Waals surface area (Å²) < 4.78 is 10.3. The van der Waals surface area contributed by atoms with E-state index in [1.165, 1.54) is 0 Å². The Kier molecular flexibility index (Phi) is 5.22. The molecular formula is C17H20N4O3. The third-order valence-electron chi connectivity index (χ3n) is 3.63. The van der Waals surface area contributed by atoms with E-state index in [1.807, 2.05) is 6.07 Å². The topological polar surface area (TPSA) is 76.6 Å². The Morgan fingerprint density at radius 2 is 2.00 bits per heavy atom. The van der Waals surface area contributed by atoms with Crippen LogP contribution in [0.5, 0.6) is 0 Å². The van der Waals surface area contributed by atoms with Gasteiger partial charge in [-0.3, -0.25) is 0 Å². The number of esters is 1. The van der Waals surface area contributed by atoms with Crippen LogP contribution in [0.15, 0.2) is 36.5 Å². The van der Waals surface area contributed by atoms with Gasteiger partial charge in [-0.25, -0.2) is 9.78 Å². The number of ether oxygens (including phenoxy) is 2. The molecule has 0 spiro atoms. The summed E-state index contributed by atoms with van der Waals surface area (Å²) in [5.74, 6) is 1.07. The summed E-state index contributed by atoms with van der Waals surface area (Å²) in [6.07, 6.45) is 1.73. The molecule has 1 aromatic heterocycles. The van der Waals surface area contributed by atoms with Gasteiger partial charge in [-0.2, -0.15) is 4.98 Å². The van der Waals surface area contributed by atoms with Gasteiger partial charge in [0, 0.05) is 25.0 Å². The molecule has 0 saturated carbocycles.